The molecule has 1 atom stereocenters. The van der Waals surface area contributed by atoms with Crippen LogP contribution in [0.2, 0.25) is 0 Å². The van der Waals surface area contributed by atoms with E-state index in [4.69, 9.17) is 5.73 Å². The zero-order chi connectivity index (χ0) is 12.8. The number of hydrogen-bond donors (Lipinski definition) is 1. The molecule has 2 rings (SSSR count). The summed E-state index contributed by atoms with van der Waals surface area (Å²) >= 11 is 0. The topological polar surface area (TPSA) is 43.8 Å². The number of fused-ring (bicyclic) bond motifs is 1. The highest BCUT2D eigenvalue weighted by atomic mass is 19.4. The van der Waals surface area contributed by atoms with E-state index in [-0.39, 0.29) is 5.39 Å². The fraction of sp³-hybridized carbons (Fsp3) is 0.364. The molecule has 1 aromatic carbocycles. The Morgan fingerprint density at radius 1 is 1.35 bits per heavy atom. The van der Waals surface area contributed by atoms with Gasteiger partial charge in [0.1, 0.15) is 5.69 Å². The molecule has 92 valence electrons. The van der Waals surface area contributed by atoms with Gasteiger partial charge in [0.05, 0.1) is 5.52 Å². The highest BCUT2D eigenvalue weighted by molar-refractivity contribution is 5.86. The minimum atomic E-state index is -4.44. The maximum atomic E-state index is 13.0. The minimum absolute atomic E-state index is 0.0949. The average molecular weight is 243 g/mol. The van der Waals surface area contributed by atoms with Crippen molar-refractivity contribution in [1.82, 2.24) is 9.78 Å². The summed E-state index contributed by atoms with van der Waals surface area (Å²) < 4.78 is 39.7. The minimum Gasteiger partial charge on any atom is -0.324 e. The van der Waals surface area contributed by atoms with Crippen molar-refractivity contribution < 1.29 is 13.2 Å². The first-order valence-corrected chi connectivity index (χ1v) is 5.10. The van der Waals surface area contributed by atoms with Crippen molar-refractivity contribution in [2.75, 3.05) is 0 Å². The highest BCUT2D eigenvalue weighted by Crippen LogP contribution is 2.37. The number of rotatable bonds is 1. The number of halogens is 3. The number of nitrogens with zero attached hydrogens (tertiary/aromatic N) is 2. The van der Waals surface area contributed by atoms with Gasteiger partial charge < -0.3 is 5.73 Å². The maximum Gasteiger partial charge on any atom is 0.433 e. The molecule has 6 heteroatoms. The average Bonchev–Trinajstić information content (AvgIpc) is 2.51. The summed E-state index contributed by atoms with van der Waals surface area (Å²) in [6.45, 7) is 1.65. The monoisotopic (exact) mass is 243 g/mol. The van der Waals surface area contributed by atoms with Gasteiger partial charge in [-0.2, -0.15) is 18.3 Å². The van der Waals surface area contributed by atoms with Crippen molar-refractivity contribution in [3.05, 3.63) is 29.5 Å². The summed E-state index contributed by atoms with van der Waals surface area (Å²) in [4.78, 5) is 0. The number of hydrogen-bond acceptors (Lipinski definition) is 2. The smallest absolute Gasteiger partial charge is 0.324 e. The van der Waals surface area contributed by atoms with Gasteiger partial charge >= 0.3 is 6.18 Å². The Morgan fingerprint density at radius 2 is 2.00 bits per heavy atom. The SMILES string of the molecule is CC(N)c1cccc2nn(C)c(C(F)(F)F)c12. The zero-order valence-corrected chi connectivity index (χ0v) is 9.42. The standard InChI is InChI=1S/C11H12F3N3/c1-6(15)7-4-3-5-8-9(7)10(11(12,13)14)17(2)16-8/h3-6H,15H2,1-2H3. The molecule has 1 unspecified atom stereocenters. The van der Waals surface area contributed by atoms with E-state index < -0.39 is 17.9 Å². The van der Waals surface area contributed by atoms with Crippen molar-refractivity contribution in [2.24, 2.45) is 12.8 Å². The Hall–Kier alpha value is -1.56. The van der Waals surface area contributed by atoms with E-state index >= 15 is 0 Å². The summed E-state index contributed by atoms with van der Waals surface area (Å²) in [5.41, 5.74) is 5.72. The van der Waals surface area contributed by atoms with Crippen LogP contribution in [0, 0.1) is 0 Å². The summed E-state index contributed by atoms with van der Waals surface area (Å²) in [7, 11) is 1.29. The normalized spacial score (nSPS) is 14.2. The lowest BCUT2D eigenvalue weighted by molar-refractivity contribution is -0.142. The summed E-state index contributed by atoms with van der Waals surface area (Å²) in [5, 5.41) is 3.96. The van der Waals surface area contributed by atoms with Crippen molar-refractivity contribution in [2.45, 2.75) is 19.1 Å². The Kier molecular flexibility index (Phi) is 2.61. The largest absolute Gasteiger partial charge is 0.433 e. The highest BCUT2D eigenvalue weighted by Gasteiger charge is 2.37. The van der Waals surface area contributed by atoms with Crippen LogP contribution in [0.4, 0.5) is 13.2 Å². The zero-order valence-electron chi connectivity index (χ0n) is 9.42. The van der Waals surface area contributed by atoms with E-state index in [0.29, 0.717) is 11.1 Å². The molecule has 2 aromatic rings. The molecule has 0 aliphatic heterocycles. The first-order valence-electron chi connectivity index (χ1n) is 5.10. The van der Waals surface area contributed by atoms with E-state index in [9.17, 15) is 13.2 Å². The van der Waals surface area contributed by atoms with Gasteiger partial charge in [0.25, 0.3) is 0 Å². The quantitative estimate of drug-likeness (QED) is 0.836. The van der Waals surface area contributed by atoms with Gasteiger partial charge in [-0.3, -0.25) is 4.68 Å². The summed E-state index contributed by atoms with van der Waals surface area (Å²) in [6, 6.07) is 4.35. The fourth-order valence-electron chi connectivity index (χ4n) is 1.98. The molecule has 1 heterocycles. The van der Waals surface area contributed by atoms with E-state index in [2.05, 4.69) is 5.10 Å². The molecule has 0 radical (unpaired) electrons. The lowest BCUT2D eigenvalue weighted by atomic mass is 10.0. The first-order chi connectivity index (χ1) is 7.82. The number of nitrogens with two attached hydrogens (primary N) is 1. The van der Waals surface area contributed by atoms with E-state index in [1.54, 1.807) is 25.1 Å². The van der Waals surface area contributed by atoms with Gasteiger partial charge in [-0.05, 0) is 18.6 Å². The molecular weight excluding hydrogens is 231 g/mol. The summed E-state index contributed by atoms with van der Waals surface area (Å²) in [6.07, 6.45) is -4.44. The van der Waals surface area contributed by atoms with Crippen LogP contribution < -0.4 is 5.73 Å². The molecule has 0 saturated heterocycles. The molecule has 1 aromatic heterocycles. The molecule has 0 amide bonds. The Morgan fingerprint density at radius 3 is 2.53 bits per heavy atom. The van der Waals surface area contributed by atoms with Gasteiger partial charge in [0, 0.05) is 18.5 Å². The predicted molar refractivity (Wildman–Crippen MR) is 58.3 cm³/mol. The van der Waals surface area contributed by atoms with E-state index in [1.165, 1.54) is 7.05 Å². The second-order valence-electron chi connectivity index (χ2n) is 4.00. The number of aromatic nitrogens is 2. The van der Waals surface area contributed by atoms with Crippen molar-refractivity contribution in [3.8, 4) is 0 Å². The number of benzene rings is 1. The predicted octanol–water partition coefficient (Wildman–Crippen LogP) is 2.61. The molecule has 3 nitrogen and oxygen atoms in total. The van der Waals surface area contributed by atoms with Crippen molar-refractivity contribution >= 4 is 10.9 Å². The van der Waals surface area contributed by atoms with Crippen LogP contribution in [0.5, 0.6) is 0 Å². The van der Waals surface area contributed by atoms with Gasteiger partial charge in [-0.15, -0.1) is 0 Å². The number of aryl methyl sites for hydroxylation is 1. The lowest BCUT2D eigenvalue weighted by Gasteiger charge is -2.11. The molecular formula is C11H12F3N3. The molecule has 0 fully saturated rings. The van der Waals surface area contributed by atoms with Crippen LogP contribution >= 0.6 is 0 Å². The van der Waals surface area contributed by atoms with Gasteiger partial charge in [-0.1, -0.05) is 12.1 Å². The Balaban J connectivity index is 2.87. The summed E-state index contributed by atoms with van der Waals surface area (Å²) in [5.74, 6) is 0. The van der Waals surface area contributed by atoms with Crippen molar-refractivity contribution in [3.63, 3.8) is 0 Å². The second kappa shape index (κ2) is 3.73. The third kappa shape index (κ3) is 1.88. The van der Waals surface area contributed by atoms with Gasteiger partial charge in [-0.25, -0.2) is 0 Å². The van der Waals surface area contributed by atoms with Crippen LogP contribution in [0.25, 0.3) is 10.9 Å². The van der Waals surface area contributed by atoms with Crippen LogP contribution in [-0.4, -0.2) is 9.78 Å². The molecule has 0 saturated carbocycles. The second-order valence-corrected chi connectivity index (χ2v) is 4.00. The molecule has 0 bridgehead atoms. The molecule has 2 N–H and O–H groups in total. The Bertz CT molecular complexity index is 555. The van der Waals surface area contributed by atoms with E-state index in [0.717, 1.165) is 4.68 Å². The molecule has 0 aliphatic rings. The number of alkyl halides is 3. The van der Waals surface area contributed by atoms with Crippen LogP contribution in [0.15, 0.2) is 18.2 Å². The van der Waals surface area contributed by atoms with Gasteiger partial charge in [0.2, 0.25) is 0 Å². The third-order valence-electron chi connectivity index (χ3n) is 2.65. The first kappa shape index (κ1) is 11.9. The lowest BCUT2D eigenvalue weighted by Crippen LogP contribution is -2.14. The van der Waals surface area contributed by atoms with Crippen LogP contribution in [0.1, 0.15) is 24.2 Å². The maximum absolute atomic E-state index is 13.0. The van der Waals surface area contributed by atoms with Crippen LogP contribution in [-0.2, 0) is 13.2 Å². The fourth-order valence-corrected chi connectivity index (χ4v) is 1.98. The van der Waals surface area contributed by atoms with Gasteiger partial charge in [0.15, 0.2) is 0 Å². The van der Waals surface area contributed by atoms with Crippen molar-refractivity contribution in [1.29, 1.82) is 0 Å². The van der Waals surface area contributed by atoms with Crippen LogP contribution in [0.3, 0.4) is 0 Å². The molecule has 0 aliphatic carbocycles. The Labute approximate surface area is 96.0 Å². The molecule has 0 spiro atoms. The van der Waals surface area contributed by atoms with E-state index in [1.807, 2.05) is 0 Å². The molecule has 17 heavy (non-hydrogen) atoms. The third-order valence-corrected chi connectivity index (χ3v) is 2.65.